The van der Waals surface area contributed by atoms with E-state index in [4.69, 9.17) is 4.74 Å². The van der Waals surface area contributed by atoms with Crippen molar-refractivity contribution in [3.8, 4) is 0 Å². The number of thiophene rings is 1. The lowest BCUT2D eigenvalue weighted by molar-refractivity contribution is -0.0189. The normalized spacial score (nSPS) is 14.3. The number of hydrogen-bond donors (Lipinski definition) is 1. The molecule has 1 atom stereocenters. The van der Waals surface area contributed by atoms with E-state index in [0.717, 1.165) is 6.42 Å². The van der Waals surface area contributed by atoms with Gasteiger partial charge in [-0.2, -0.15) is 0 Å². The summed E-state index contributed by atoms with van der Waals surface area (Å²) >= 11 is 1.68. The van der Waals surface area contributed by atoms with Crippen molar-refractivity contribution in [2.45, 2.75) is 38.4 Å². The highest BCUT2D eigenvalue weighted by Gasteiger charge is 2.21. The first-order valence-electron chi connectivity index (χ1n) is 4.79. The molecule has 2 nitrogen and oxygen atoms in total. The number of methoxy groups -OCH3 is 1. The molecule has 0 spiro atoms. The van der Waals surface area contributed by atoms with E-state index in [1.807, 2.05) is 31.4 Å². The van der Waals surface area contributed by atoms with Gasteiger partial charge >= 0.3 is 0 Å². The number of hydrogen-bond acceptors (Lipinski definition) is 3. The van der Waals surface area contributed by atoms with Crippen LogP contribution in [-0.4, -0.2) is 23.9 Å². The smallest absolute Gasteiger partial charge is 0.0647 e. The summed E-state index contributed by atoms with van der Waals surface area (Å²) in [7, 11) is 1.68. The van der Waals surface area contributed by atoms with Crippen LogP contribution in [0.4, 0.5) is 0 Å². The quantitative estimate of drug-likeness (QED) is 0.816. The van der Waals surface area contributed by atoms with Gasteiger partial charge in [-0.25, -0.2) is 0 Å². The summed E-state index contributed by atoms with van der Waals surface area (Å²) in [6.07, 6.45) is 1.08. The fourth-order valence-electron chi connectivity index (χ4n) is 1.38. The Morgan fingerprint density at radius 2 is 2.29 bits per heavy atom. The highest BCUT2D eigenvalue weighted by Crippen LogP contribution is 2.19. The van der Waals surface area contributed by atoms with Crippen molar-refractivity contribution < 1.29 is 9.84 Å². The van der Waals surface area contributed by atoms with E-state index in [2.05, 4.69) is 0 Å². The number of aliphatic hydroxyl groups excluding tert-OH is 1. The van der Waals surface area contributed by atoms with Gasteiger partial charge in [0.2, 0.25) is 0 Å². The first-order chi connectivity index (χ1) is 6.53. The van der Waals surface area contributed by atoms with Crippen LogP contribution in [0.5, 0.6) is 0 Å². The van der Waals surface area contributed by atoms with E-state index in [1.54, 1.807) is 18.4 Å². The Labute approximate surface area is 89.5 Å². The molecule has 1 heterocycles. The van der Waals surface area contributed by atoms with Gasteiger partial charge in [0.15, 0.2) is 0 Å². The van der Waals surface area contributed by atoms with Crippen LogP contribution in [0.1, 0.15) is 25.1 Å². The van der Waals surface area contributed by atoms with E-state index in [1.165, 1.54) is 4.88 Å². The molecule has 0 fully saturated rings. The lowest BCUT2D eigenvalue weighted by atomic mass is 9.98. The van der Waals surface area contributed by atoms with Gasteiger partial charge in [0, 0.05) is 24.8 Å². The summed E-state index contributed by atoms with van der Waals surface area (Å²) in [5.41, 5.74) is -0.239. The van der Waals surface area contributed by atoms with Crippen molar-refractivity contribution in [3.63, 3.8) is 0 Å². The molecule has 0 saturated heterocycles. The minimum Gasteiger partial charge on any atom is -0.393 e. The summed E-state index contributed by atoms with van der Waals surface area (Å²) in [6, 6.07) is 4.06. The van der Waals surface area contributed by atoms with Crippen LogP contribution < -0.4 is 0 Å². The van der Waals surface area contributed by atoms with Crippen LogP contribution >= 0.6 is 11.3 Å². The molecule has 0 aliphatic heterocycles. The Hall–Kier alpha value is -0.380. The van der Waals surface area contributed by atoms with Gasteiger partial charge in [0.1, 0.15) is 0 Å². The van der Waals surface area contributed by atoms with Crippen molar-refractivity contribution in [2.75, 3.05) is 7.11 Å². The standard InChI is InChI=1S/C11H18O2S/c1-11(2,13-3)8-9(12)7-10-5-4-6-14-10/h4-6,9,12H,7-8H2,1-3H3. The van der Waals surface area contributed by atoms with Crippen molar-refractivity contribution in [2.24, 2.45) is 0 Å². The van der Waals surface area contributed by atoms with Crippen LogP contribution in [0.3, 0.4) is 0 Å². The third-order valence-corrected chi connectivity index (χ3v) is 3.20. The average Bonchev–Trinajstić information content (AvgIpc) is 2.55. The molecule has 0 aromatic carbocycles. The summed E-state index contributed by atoms with van der Waals surface area (Å²) in [5, 5.41) is 11.8. The maximum atomic E-state index is 9.81. The second-order valence-corrected chi connectivity index (χ2v) is 5.14. The minimum atomic E-state index is -0.316. The third-order valence-electron chi connectivity index (χ3n) is 2.30. The molecular formula is C11H18O2S. The van der Waals surface area contributed by atoms with Gasteiger partial charge in [-0.05, 0) is 25.3 Å². The lowest BCUT2D eigenvalue weighted by Gasteiger charge is -2.25. The molecule has 1 aromatic heterocycles. The number of ether oxygens (including phenoxy) is 1. The third kappa shape index (κ3) is 3.78. The first-order valence-corrected chi connectivity index (χ1v) is 5.67. The molecule has 1 aromatic rings. The highest BCUT2D eigenvalue weighted by molar-refractivity contribution is 7.09. The second kappa shape index (κ2) is 4.91. The molecule has 0 radical (unpaired) electrons. The Kier molecular flexibility index (Phi) is 4.11. The molecule has 0 aliphatic rings. The van der Waals surface area contributed by atoms with Crippen LogP contribution in [0.2, 0.25) is 0 Å². The molecular weight excluding hydrogens is 196 g/mol. The van der Waals surface area contributed by atoms with Gasteiger partial charge in [0.25, 0.3) is 0 Å². The van der Waals surface area contributed by atoms with Crippen molar-refractivity contribution in [1.29, 1.82) is 0 Å². The fraction of sp³-hybridized carbons (Fsp3) is 0.636. The Morgan fingerprint density at radius 3 is 2.79 bits per heavy atom. The molecule has 3 heteroatoms. The summed E-state index contributed by atoms with van der Waals surface area (Å²) in [5.74, 6) is 0. The maximum absolute atomic E-state index is 9.81. The van der Waals surface area contributed by atoms with Gasteiger partial charge in [0.05, 0.1) is 11.7 Å². The SMILES string of the molecule is COC(C)(C)CC(O)Cc1cccs1. The summed E-state index contributed by atoms with van der Waals surface area (Å²) < 4.78 is 5.27. The zero-order chi connectivity index (χ0) is 10.6. The molecule has 80 valence electrons. The molecule has 0 amide bonds. The Bertz CT molecular complexity index is 254. The summed E-state index contributed by atoms with van der Waals surface area (Å²) in [4.78, 5) is 1.23. The molecule has 1 rings (SSSR count). The molecule has 14 heavy (non-hydrogen) atoms. The van der Waals surface area contributed by atoms with Crippen molar-refractivity contribution >= 4 is 11.3 Å². The average molecular weight is 214 g/mol. The van der Waals surface area contributed by atoms with Gasteiger partial charge in [-0.1, -0.05) is 6.07 Å². The van der Waals surface area contributed by atoms with E-state index >= 15 is 0 Å². The van der Waals surface area contributed by atoms with Gasteiger partial charge in [-0.3, -0.25) is 0 Å². The van der Waals surface area contributed by atoms with Gasteiger partial charge < -0.3 is 9.84 Å². The summed E-state index contributed by atoms with van der Waals surface area (Å²) in [6.45, 7) is 3.98. The van der Waals surface area contributed by atoms with Crippen LogP contribution in [0, 0.1) is 0 Å². The lowest BCUT2D eigenvalue weighted by Crippen LogP contribution is -2.29. The molecule has 0 bridgehead atoms. The zero-order valence-electron chi connectivity index (χ0n) is 8.99. The minimum absolute atomic E-state index is 0.239. The van der Waals surface area contributed by atoms with E-state index in [9.17, 15) is 5.11 Å². The van der Waals surface area contributed by atoms with Crippen LogP contribution in [-0.2, 0) is 11.2 Å². The van der Waals surface area contributed by atoms with E-state index in [-0.39, 0.29) is 11.7 Å². The number of rotatable bonds is 5. The van der Waals surface area contributed by atoms with E-state index in [0.29, 0.717) is 6.42 Å². The topological polar surface area (TPSA) is 29.5 Å². The second-order valence-electron chi connectivity index (χ2n) is 4.11. The van der Waals surface area contributed by atoms with Crippen molar-refractivity contribution in [3.05, 3.63) is 22.4 Å². The fourth-order valence-corrected chi connectivity index (χ4v) is 2.16. The highest BCUT2D eigenvalue weighted by atomic mass is 32.1. The first kappa shape index (κ1) is 11.7. The molecule has 1 N–H and O–H groups in total. The molecule has 0 saturated carbocycles. The van der Waals surface area contributed by atoms with Crippen LogP contribution in [0.15, 0.2) is 17.5 Å². The van der Waals surface area contributed by atoms with Crippen LogP contribution in [0.25, 0.3) is 0 Å². The predicted molar refractivity (Wildman–Crippen MR) is 59.7 cm³/mol. The van der Waals surface area contributed by atoms with Crippen molar-refractivity contribution in [1.82, 2.24) is 0 Å². The monoisotopic (exact) mass is 214 g/mol. The Balaban J connectivity index is 2.40. The largest absolute Gasteiger partial charge is 0.393 e. The molecule has 0 aliphatic carbocycles. The predicted octanol–water partition coefficient (Wildman–Crippen LogP) is 2.47. The molecule has 1 unspecified atom stereocenters. The van der Waals surface area contributed by atoms with Gasteiger partial charge in [-0.15, -0.1) is 11.3 Å². The Morgan fingerprint density at radius 1 is 1.57 bits per heavy atom. The zero-order valence-corrected chi connectivity index (χ0v) is 9.80. The number of aliphatic hydroxyl groups is 1. The maximum Gasteiger partial charge on any atom is 0.0647 e. The van der Waals surface area contributed by atoms with E-state index < -0.39 is 0 Å².